The predicted octanol–water partition coefficient (Wildman–Crippen LogP) is -0.00620. The van der Waals surface area contributed by atoms with E-state index in [1.165, 1.54) is 0 Å². The van der Waals surface area contributed by atoms with Crippen LogP contribution in [0.1, 0.15) is 6.42 Å². The van der Waals surface area contributed by atoms with Gasteiger partial charge in [-0.3, -0.25) is 4.79 Å². The van der Waals surface area contributed by atoms with Crippen LogP contribution in [0, 0.1) is 0 Å². The largest absolute Gasteiger partial charge is 0.379 e. The third kappa shape index (κ3) is 2.58. The molecule has 1 saturated heterocycles. The molecule has 3 nitrogen and oxygen atoms in total. The van der Waals surface area contributed by atoms with Crippen molar-refractivity contribution in [2.24, 2.45) is 5.73 Å². The normalized spacial score (nSPS) is 18.4. The lowest BCUT2D eigenvalue weighted by Crippen LogP contribution is -2.30. The van der Waals surface area contributed by atoms with Gasteiger partial charge >= 0.3 is 0 Å². The van der Waals surface area contributed by atoms with E-state index in [-0.39, 0.29) is 5.91 Å². The maximum Gasteiger partial charge on any atom is 0.218 e. The molecule has 0 aromatic carbocycles. The molecule has 10 heavy (non-hydrogen) atoms. The third-order valence-corrected chi connectivity index (χ3v) is 2.49. The second-order valence-electron chi connectivity index (χ2n) is 2.25. The number of thioether (sulfide) groups is 1. The van der Waals surface area contributed by atoms with E-state index in [0.29, 0.717) is 11.7 Å². The highest BCUT2D eigenvalue weighted by atomic mass is 32.2. The van der Waals surface area contributed by atoms with Gasteiger partial charge in [0.15, 0.2) is 0 Å². The Morgan fingerprint density at radius 2 is 2.40 bits per heavy atom. The summed E-state index contributed by atoms with van der Waals surface area (Å²) in [6, 6.07) is 0. The number of nitrogens with two attached hydrogens (primary N) is 1. The number of carbonyl (C=O) groups is 1. The van der Waals surface area contributed by atoms with Crippen LogP contribution in [0.4, 0.5) is 0 Å². The molecule has 58 valence electrons. The van der Waals surface area contributed by atoms with Gasteiger partial charge < -0.3 is 10.5 Å². The molecule has 0 saturated carbocycles. The van der Waals surface area contributed by atoms with Crippen molar-refractivity contribution in [2.75, 3.05) is 19.0 Å². The number of hydrogen-bond acceptors (Lipinski definition) is 3. The van der Waals surface area contributed by atoms with Crippen LogP contribution in [0.15, 0.2) is 0 Å². The third-order valence-electron chi connectivity index (χ3n) is 1.31. The van der Waals surface area contributed by atoms with Gasteiger partial charge in [-0.15, -0.1) is 0 Å². The lowest BCUT2D eigenvalue weighted by atomic mass is 10.4. The van der Waals surface area contributed by atoms with Crippen molar-refractivity contribution in [1.82, 2.24) is 0 Å². The van der Waals surface area contributed by atoms with Crippen LogP contribution in [0.25, 0.3) is 0 Å². The van der Waals surface area contributed by atoms with Crippen molar-refractivity contribution >= 4 is 17.7 Å². The van der Waals surface area contributed by atoms with Crippen molar-refractivity contribution in [3.63, 3.8) is 0 Å². The molecule has 1 heterocycles. The van der Waals surface area contributed by atoms with E-state index in [4.69, 9.17) is 10.5 Å². The first-order valence-corrected chi connectivity index (χ1v) is 4.31. The highest BCUT2D eigenvalue weighted by Gasteiger charge is 2.18. The minimum absolute atomic E-state index is 0.215. The quantitative estimate of drug-likeness (QED) is 0.631. The molecule has 1 rings (SSSR count). The molecule has 1 amide bonds. The Bertz CT molecular complexity index is 125. The molecule has 0 spiro atoms. The summed E-state index contributed by atoms with van der Waals surface area (Å²) < 4.78 is 4.96. The van der Waals surface area contributed by atoms with E-state index in [1.54, 1.807) is 11.8 Å². The first kappa shape index (κ1) is 7.88. The summed E-state index contributed by atoms with van der Waals surface area (Å²) in [7, 11) is 0. The Morgan fingerprint density at radius 3 is 2.80 bits per heavy atom. The van der Waals surface area contributed by atoms with Gasteiger partial charge in [-0.05, 0) is 0 Å². The summed E-state index contributed by atoms with van der Waals surface area (Å²) in [5.41, 5.74) is 4.95. The van der Waals surface area contributed by atoms with Gasteiger partial charge in [0.05, 0.1) is 18.5 Å². The topological polar surface area (TPSA) is 52.3 Å². The van der Waals surface area contributed by atoms with Crippen LogP contribution in [-0.2, 0) is 9.53 Å². The first-order valence-electron chi connectivity index (χ1n) is 3.26. The SMILES string of the molecule is NC(=O)CCSC1COC1. The molecule has 0 aromatic heterocycles. The lowest BCUT2D eigenvalue weighted by Gasteiger charge is -2.24. The fraction of sp³-hybridized carbons (Fsp3) is 0.833. The monoisotopic (exact) mass is 161 g/mol. The average molecular weight is 161 g/mol. The number of hydrogen-bond donors (Lipinski definition) is 1. The van der Waals surface area contributed by atoms with Crippen molar-refractivity contribution in [3.05, 3.63) is 0 Å². The molecule has 1 fully saturated rings. The first-order chi connectivity index (χ1) is 4.79. The van der Waals surface area contributed by atoms with E-state index < -0.39 is 0 Å². The zero-order chi connectivity index (χ0) is 7.40. The molecule has 1 aliphatic rings. The molecule has 0 aliphatic carbocycles. The minimum Gasteiger partial charge on any atom is -0.379 e. The standard InChI is InChI=1S/C6H11NO2S/c7-6(8)1-2-10-5-3-9-4-5/h5H,1-4H2,(H2,7,8). The van der Waals surface area contributed by atoms with Crippen molar-refractivity contribution in [3.8, 4) is 0 Å². The second kappa shape index (κ2) is 3.83. The van der Waals surface area contributed by atoms with Crippen LogP contribution in [-0.4, -0.2) is 30.1 Å². The Hall–Kier alpha value is -0.220. The van der Waals surface area contributed by atoms with E-state index in [9.17, 15) is 4.79 Å². The van der Waals surface area contributed by atoms with Crippen molar-refractivity contribution in [1.29, 1.82) is 0 Å². The summed E-state index contributed by atoms with van der Waals surface area (Å²) in [6.07, 6.45) is 0.487. The van der Waals surface area contributed by atoms with Gasteiger partial charge in [-0.1, -0.05) is 0 Å². The molecule has 0 aromatic rings. The summed E-state index contributed by atoms with van der Waals surface area (Å²) >= 11 is 1.77. The fourth-order valence-electron chi connectivity index (χ4n) is 0.636. The van der Waals surface area contributed by atoms with Crippen LogP contribution in [0.5, 0.6) is 0 Å². The van der Waals surface area contributed by atoms with Gasteiger partial charge in [0.1, 0.15) is 0 Å². The summed E-state index contributed by atoms with van der Waals surface area (Å²) in [4.78, 5) is 10.3. The van der Waals surface area contributed by atoms with E-state index >= 15 is 0 Å². The van der Waals surface area contributed by atoms with E-state index in [2.05, 4.69) is 0 Å². The van der Waals surface area contributed by atoms with Gasteiger partial charge in [0.2, 0.25) is 5.91 Å². The fourth-order valence-corrected chi connectivity index (χ4v) is 1.67. The Labute approximate surface area is 64.3 Å². The van der Waals surface area contributed by atoms with Gasteiger partial charge in [0, 0.05) is 12.2 Å². The zero-order valence-electron chi connectivity index (χ0n) is 5.71. The Balaban J connectivity index is 1.89. The molecule has 2 N–H and O–H groups in total. The van der Waals surface area contributed by atoms with Crippen LogP contribution >= 0.6 is 11.8 Å². The average Bonchev–Trinajstić information content (AvgIpc) is 1.75. The van der Waals surface area contributed by atoms with Crippen LogP contribution in [0.2, 0.25) is 0 Å². The molecule has 4 heteroatoms. The van der Waals surface area contributed by atoms with E-state index in [0.717, 1.165) is 19.0 Å². The number of rotatable bonds is 4. The van der Waals surface area contributed by atoms with Crippen LogP contribution in [0.3, 0.4) is 0 Å². The zero-order valence-corrected chi connectivity index (χ0v) is 6.52. The molecular formula is C6H11NO2S. The number of amides is 1. The highest BCUT2D eigenvalue weighted by molar-refractivity contribution is 8.00. The summed E-state index contributed by atoms with van der Waals surface area (Å²) in [5.74, 6) is 0.622. The van der Waals surface area contributed by atoms with E-state index in [1.807, 2.05) is 0 Å². The maximum absolute atomic E-state index is 10.3. The van der Waals surface area contributed by atoms with Crippen molar-refractivity contribution < 1.29 is 9.53 Å². The molecule has 0 unspecified atom stereocenters. The van der Waals surface area contributed by atoms with Gasteiger partial charge in [-0.25, -0.2) is 0 Å². The van der Waals surface area contributed by atoms with Gasteiger partial charge in [0.25, 0.3) is 0 Å². The highest BCUT2D eigenvalue weighted by Crippen LogP contribution is 2.19. The Morgan fingerprint density at radius 1 is 1.70 bits per heavy atom. The Kier molecular flexibility index (Phi) is 3.02. The lowest BCUT2D eigenvalue weighted by molar-refractivity contribution is -0.117. The molecule has 0 atom stereocenters. The second-order valence-corrected chi connectivity index (χ2v) is 3.65. The number of primary amides is 1. The molecule has 0 radical (unpaired) electrons. The van der Waals surface area contributed by atoms with Crippen molar-refractivity contribution in [2.45, 2.75) is 11.7 Å². The minimum atomic E-state index is -0.215. The van der Waals surface area contributed by atoms with Gasteiger partial charge in [-0.2, -0.15) is 11.8 Å². The molecular weight excluding hydrogens is 150 g/mol. The molecule has 1 aliphatic heterocycles. The number of ether oxygens (including phenoxy) is 1. The maximum atomic E-state index is 10.3. The smallest absolute Gasteiger partial charge is 0.218 e. The predicted molar refractivity (Wildman–Crippen MR) is 40.9 cm³/mol. The summed E-state index contributed by atoms with van der Waals surface area (Å²) in [6.45, 7) is 1.67. The summed E-state index contributed by atoms with van der Waals surface area (Å²) in [5, 5.41) is 0.611. The molecule has 0 bridgehead atoms. The number of carbonyl (C=O) groups excluding carboxylic acids is 1. The van der Waals surface area contributed by atoms with Crippen LogP contribution < -0.4 is 5.73 Å².